The average Bonchev–Trinajstić information content (AvgIpc) is 3.62. The lowest BCUT2D eigenvalue weighted by atomic mass is 10.00. The van der Waals surface area contributed by atoms with Gasteiger partial charge in [-0.2, -0.15) is 5.10 Å². The smallest absolute Gasteiger partial charge is 0.262 e. The molecular weight excluding hydrogens is 438 g/mol. The summed E-state index contributed by atoms with van der Waals surface area (Å²) in [5.74, 6) is 0.581. The molecule has 1 aromatic heterocycles. The van der Waals surface area contributed by atoms with Crippen molar-refractivity contribution in [1.82, 2.24) is 9.91 Å². The van der Waals surface area contributed by atoms with Gasteiger partial charge in [0.05, 0.1) is 30.3 Å². The van der Waals surface area contributed by atoms with Crippen LogP contribution in [0.2, 0.25) is 0 Å². The molecule has 8 heteroatoms. The Hall–Kier alpha value is -2.71. The molecule has 1 aliphatic carbocycles. The van der Waals surface area contributed by atoms with E-state index in [1.807, 2.05) is 41.8 Å². The molecule has 2 aliphatic rings. The summed E-state index contributed by atoms with van der Waals surface area (Å²) < 4.78 is 10.8. The second-order valence-corrected chi connectivity index (χ2v) is 9.41. The molecule has 2 heterocycles. The lowest BCUT2D eigenvalue weighted by Gasteiger charge is -2.29. The Morgan fingerprint density at radius 2 is 1.94 bits per heavy atom. The summed E-state index contributed by atoms with van der Waals surface area (Å²) in [6.45, 7) is 0.781. The van der Waals surface area contributed by atoms with Gasteiger partial charge < -0.3 is 14.4 Å². The predicted molar refractivity (Wildman–Crippen MR) is 128 cm³/mol. The number of benzene rings is 1. The monoisotopic (exact) mass is 469 g/mol. The number of ether oxygens (including phenoxy) is 2. The highest BCUT2D eigenvalue weighted by Gasteiger charge is 2.37. The van der Waals surface area contributed by atoms with Crippen molar-refractivity contribution in [3.05, 3.63) is 52.2 Å². The maximum atomic E-state index is 13.6. The Morgan fingerprint density at radius 1 is 1.15 bits per heavy atom. The number of amides is 2. The molecule has 7 nitrogen and oxygen atoms in total. The van der Waals surface area contributed by atoms with Gasteiger partial charge >= 0.3 is 0 Å². The molecule has 0 spiro atoms. The van der Waals surface area contributed by atoms with Crippen LogP contribution in [0.1, 0.15) is 48.6 Å². The van der Waals surface area contributed by atoms with E-state index in [2.05, 4.69) is 0 Å². The van der Waals surface area contributed by atoms with Gasteiger partial charge in [0, 0.05) is 31.6 Å². The zero-order valence-corrected chi connectivity index (χ0v) is 20.1. The first-order valence-corrected chi connectivity index (χ1v) is 12.3. The van der Waals surface area contributed by atoms with Crippen molar-refractivity contribution in [2.24, 2.45) is 11.0 Å². The lowest BCUT2D eigenvalue weighted by Crippen LogP contribution is -2.44. The molecule has 1 fully saturated rings. The second-order valence-electron chi connectivity index (χ2n) is 8.46. The van der Waals surface area contributed by atoms with Crippen molar-refractivity contribution >= 4 is 28.9 Å². The molecule has 1 aromatic carbocycles. The highest BCUT2D eigenvalue weighted by Crippen LogP contribution is 2.38. The molecule has 0 bridgehead atoms. The predicted octanol–water partition coefficient (Wildman–Crippen LogP) is 4.10. The molecule has 0 radical (unpaired) electrons. The van der Waals surface area contributed by atoms with Crippen LogP contribution >= 0.6 is 11.3 Å². The SMILES string of the molecule is COCCN(CC(=O)N1N=C(c2cccs2)CC1c1ccccc1OC)C(=O)C1CCCC1. The van der Waals surface area contributed by atoms with Gasteiger partial charge in [0.2, 0.25) is 5.91 Å². The standard InChI is InChI=1S/C25H31N3O4S/c1-31-14-13-27(25(30)18-8-3-4-9-18)17-24(29)28-21(19-10-5-6-11-22(19)32-2)16-20(26-28)23-12-7-15-33-23/h5-7,10-12,15,18,21H,3-4,8-9,13-14,16-17H2,1-2H3. The van der Waals surface area contributed by atoms with Gasteiger partial charge in [-0.3, -0.25) is 9.59 Å². The van der Waals surface area contributed by atoms with Crippen LogP contribution in [0.5, 0.6) is 5.75 Å². The molecule has 1 unspecified atom stereocenters. The van der Waals surface area contributed by atoms with Crippen LogP contribution in [0.3, 0.4) is 0 Å². The van der Waals surface area contributed by atoms with Gasteiger partial charge in [0.25, 0.3) is 5.91 Å². The summed E-state index contributed by atoms with van der Waals surface area (Å²) in [5, 5.41) is 8.30. The number of thiophene rings is 1. The summed E-state index contributed by atoms with van der Waals surface area (Å²) in [7, 11) is 3.24. The molecule has 1 aliphatic heterocycles. The van der Waals surface area contributed by atoms with E-state index in [9.17, 15) is 9.59 Å². The Bertz CT molecular complexity index is 985. The van der Waals surface area contributed by atoms with Crippen molar-refractivity contribution in [2.75, 3.05) is 33.9 Å². The molecular formula is C25H31N3O4S. The molecule has 4 rings (SSSR count). The molecule has 176 valence electrons. The van der Waals surface area contributed by atoms with Crippen LogP contribution in [-0.2, 0) is 14.3 Å². The minimum absolute atomic E-state index is 0.00318. The number of nitrogens with zero attached hydrogens (tertiary/aromatic N) is 3. The van der Waals surface area contributed by atoms with Crippen LogP contribution in [-0.4, -0.2) is 61.4 Å². The lowest BCUT2D eigenvalue weighted by molar-refractivity contribution is -0.144. The summed E-state index contributed by atoms with van der Waals surface area (Å²) in [6, 6.07) is 11.5. The van der Waals surface area contributed by atoms with Crippen molar-refractivity contribution in [1.29, 1.82) is 0 Å². The van der Waals surface area contributed by atoms with Gasteiger partial charge in [-0.05, 0) is 30.4 Å². The third kappa shape index (κ3) is 5.28. The van der Waals surface area contributed by atoms with Crippen molar-refractivity contribution in [2.45, 2.75) is 38.1 Å². The number of hydrogen-bond donors (Lipinski definition) is 0. The third-order valence-electron chi connectivity index (χ3n) is 6.38. The van der Waals surface area contributed by atoms with E-state index >= 15 is 0 Å². The largest absolute Gasteiger partial charge is 0.496 e. The molecule has 0 saturated heterocycles. The van der Waals surface area contributed by atoms with Gasteiger partial charge in [-0.1, -0.05) is 37.1 Å². The zero-order chi connectivity index (χ0) is 23.2. The van der Waals surface area contributed by atoms with E-state index in [1.165, 1.54) is 0 Å². The quantitative estimate of drug-likeness (QED) is 0.554. The number of carbonyl (C=O) groups is 2. The first kappa shape index (κ1) is 23.4. The summed E-state index contributed by atoms with van der Waals surface area (Å²) >= 11 is 1.61. The van der Waals surface area contributed by atoms with E-state index in [4.69, 9.17) is 14.6 Å². The average molecular weight is 470 g/mol. The third-order valence-corrected chi connectivity index (χ3v) is 7.30. The van der Waals surface area contributed by atoms with Gasteiger partial charge in [0.1, 0.15) is 12.3 Å². The van der Waals surface area contributed by atoms with E-state index in [0.717, 1.165) is 47.6 Å². The Kier molecular flexibility index (Phi) is 7.77. The first-order chi connectivity index (χ1) is 16.1. The van der Waals surface area contributed by atoms with Crippen LogP contribution in [0.15, 0.2) is 46.9 Å². The summed E-state index contributed by atoms with van der Waals surface area (Å²) in [5.41, 5.74) is 1.79. The number of methoxy groups -OCH3 is 2. The summed E-state index contributed by atoms with van der Waals surface area (Å²) in [4.78, 5) is 29.4. The Morgan fingerprint density at radius 3 is 2.64 bits per heavy atom. The van der Waals surface area contributed by atoms with Crippen molar-refractivity contribution < 1.29 is 19.1 Å². The maximum Gasteiger partial charge on any atom is 0.262 e. The van der Waals surface area contributed by atoms with Crippen molar-refractivity contribution in [3.63, 3.8) is 0 Å². The van der Waals surface area contributed by atoms with Gasteiger partial charge in [-0.25, -0.2) is 5.01 Å². The minimum atomic E-state index is -0.281. The molecule has 2 amide bonds. The topological polar surface area (TPSA) is 71.4 Å². The van der Waals surface area contributed by atoms with E-state index in [0.29, 0.717) is 19.6 Å². The number of hydrogen-bond acceptors (Lipinski definition) is 6. The molecule has 1 saturated carbocycles. The molecule has 1 atom stereocenters. The van der Waals surface area contributed by atoms with Crippen LogP contribution < -0.4 is 4.74 Å². The Balaban J connectivity index is 1.60. The highest BCUT2D eigenvalue weighted by atomic mass is 32.1. The first-order valence-electron chi connectivity index (χ1n) is 11.5. The zero-order valence-electron chi connectivity index (χ0n) is 19.2. The number of para-hydroxylation sites is 1. The van der Waals surface area contributed by atoms with E-state index < -0.39 is 0 Å². The van der Waals surface area contributed by atoms with Gasteiger partial charge in [-0.15, -0.1) is 11.3 Å². The highest BCUT2D eigenvalue weighted by molar-refractivity contribution is 7.12. The molecule has 2 aromatic rings. The maximum absolute atomic E-state index is 13.6. The van der Waals surface area contributed by atoms with E-state index in [-0.39, 0.29) is 30.3 Å². The number of hydrazone groups is 1. The fraction of sp³-hybridized carbons (Fsp3) is 0.480. The summed E-state index contributed by atoms with van der Waals surface area (Å²) in [6.07, 6.45) is 4.52. The van der Waals surface area contributed by atoms with E-state index in [1.54, 1.807) is 35.5 Å². The minimum Gasteiger partial charge on any atom is -0.496 e. The number of carbonyl (C=O) groups excluding carboxylic acids is 2. The van der Waals surface area contributed by atoms with Crippen LogP contribution in [0, 0.1) is 5.92 Å². The Labute approximate surface area is 199 Å². The molecule has 33 heavy (non-hydrogen) atoms. The van der Waals surface area contributed by atoms with Crippen LogP contribution in [0.4, 0.5) is 0 Å². The second kappa shape index (κ2) is 10.9. The van der Waals surface area contributed by atoms with Crippen LogP contribution in [0.25, 0.3) is 0 Å². The van der Waals surface area contributed by atoms with Crippen molar-refractivity contribution in [3.8, 4) is 5.75 Å². The molecule has 0 N–H and O–H groups in total. The van der Waals surface area contributed by atoms with Gasteiger partial charge in [0.15, 0.2) is 0 Å². The fourth-order valence-electron chi connectivity index (χ4n) is 4.65. The fourth-order valence-corrected chi connectivity index (χ4v) is 5.37. The number of rotatable bonds is 9. The normalized spacial score (nSPS) is 18.4.